The third kappa shape index (κ3) is 2.93. The van der Waals surface area contributed by atoms with E-state index >= 15 is 0 Å². The van der Waals surface area contributed by atoms with Gasteiger partial charge in [0.15, 0.2) is 0 Å². The summed E-state index contributed by atoms with van der Waals surface area (Å²) in [7, 11) is 0. The van der Waals surface area contributed by atoms with Crippen LogP contribution in [-0.4, -0.2) is 36.5 Å². The molecule has 5 aliphatic rings. The zero-order chi connectivity index (χ0) is 15.2. The molecule has 1 aliphatic heterocycles. The molecule has 4 saturated carbocycles. The maximum atomic E-state index is 12.4. The highest BCUT2D eigenvalue weighted by molar-refractivity contribution is 5.78. The molecule has 1 N–H and O–H groups in total. The fraction of sp³-hybridized carbons (Fsp3) is 0.947. The highest BCUT2D eigenvalue weighted by Crippen LogP contribution is 2.59. The van der Waals surface area contributed by atoms with E-state index in [0.29, 0.717) is 18.0 Å². The molecule has 1 saturated heterocycles. The van der Waals surface area contributed by atoms with Crippen molar-refractivity contribution >= 4 is 5.91 Å². The molecule has 4 bridgehead atoms. The van der Waals surface area contributed by atoms with Gasteiger partial charge < -0.3 is 5.32 Å². The SMILES string of the molecule is C[C@@H]1CCCCN1CC(=O)NCC12CC3CC(CC(C3)C1)C2. The quantitative estimate of drug-likeness (QED) is 0.865. The zero-order valence-electron chi connectivity index (χ0n) is 14.2. The fourth-order valence-corrected chi connectivity index (χ4v) is 6.43. The Bertz CT molecular complexity index is 398. The number of carbonyl (C=O) groups excluding carboxylic acids is 1. The number of nitrogens with zero attached hydrogens (tertiary/aromatic N) is 1. The molecule has 0 unspecified atom stereocenters. The van der Waals surface area contributed by atoms with Gasteiger partial charge in [-0.1, -0.05) is 6.42 Å². The molecule has 0 aromatic carbocycles. The van der Waals surface area contributed by atoms with Crippen LogP contribution in [0.4, 0.5) is 0 Å². The zero-order valence-corrected chi connectivity index (χ0v) is 14.2. The first-order valence-corrected chi connectivity index (χ1v) is 9.63. The molecule has 124 valence electrons. The highest BCUT2D eigenvalue weighted by atomic mass is 16.2. The van der Waals surface area contributed by atoms with Crippen molar-refractivity contribution in [3.8, 4) is 0 Å². The van der Waals surface area contributed by atoms with Crippen LogP contribution in [0.15, 0.2) is 0 Å². The smallest absolute Gasteiger partial charge is 0.234 e. The predicted molar refractivity (Wildman–Crippen MR) is 88.5 cm³/mol. The molecule has 5 fully saturated rings. The van der Waals surface area contributed by atoms with Crippen molar-refractivity contribution < 1.29 is 4.79 Å². The Kier molecular flexibility index (Phi) is 3.96. The molecule has 1 heterocycles. The number of rotatable bonds is 4. The first-order valence-electron chi connectivity index (χ1n) is 9.63. The third-order valence-corrected chi connectivity index (χ3v) is 7.11. The van der Waals surface area contributed by atoms with E-state index in [1.165, 1.54) is 57.8 Å². The molecule has 0 aromatic rings. The minimum absolute atomic E-state index is 0.268. The normalized spacial score (nSPS) is 44.2. The Balaban J connectivity index is 1.30. The molecule has 1 amide bonds. The van der Waals surface area contributed by atoms with Crippen LogP contribution >= 0.6 is 0 Å². The minimum atomic E-state index is 0.268. The molecule has 5 rings (SSSR count). The predicted octanol–water partition coefficient (Wildman–Crippen LogP) is 3.19. The van der Waals surface area contributed by atoms with Crippen LogP contribution in [0.1, 0.15) is 64.7 Å². The second kappa shape index (κ2) is 5.81. The Hall–Kier alpha value is -0.570. The van der Waals surface area contributed by atoms with Gasteiger partial charge in [0.2, 0.25) is 5.91 Å². The molecule has 0 radical (unpaired) electrons. The van der Waals surface area contributed by atoms with Crippen LogP contribution in [0.3, 0.4) is 0 Å². The lowest BCUT2D eigenvalue weighted by Gasteiger charge is -2.57. The van der Waals surface area contributed by atoms with Crippen LogP contribution in [0.2, 0.25) is 0 Å². The lowest BCUT2D eigenvalue weighted by Crippen LogP contribution is -2.52. The van der Waals surface area contributed by atoms with Crippen molar-refractivity contribution in [2.75, 3.05) is 19.6 Å². The highest BCUT2D eigenvalue weighted by Gasteiger charge is 2.50. The van der Waals surface area contributed by atoms with Crippen LogP contribution in [0.5, 0.6) is 0 Å². The van der Waals surface area contributed by atoms with E-state index in [0.717, 1.165) is 30.8 Å². The Morgan fingerprint density at radius 1 is 1.09 bits per heavy atom. The van der Waals surface area contributed by atoms with Crippen molar-refractivity contribution in [3.05, 3.63) is 0 Å². The largest absolute Gasteiger partial charge is 0.354 e. The summed E-state index contributed by atoms with van der Waals surface area (Å²) in [5.74, 6) is 3.20. The summed E-state index contributed by atoms with van der Waals surface area (Å²) < 4.78 is 0. The minimum Gasteiger partial charge on any atom is -0.354 e. The third-order valence-electron chi connectivity index (χ3n) is 7.11. The van der Waals surface area contributed by atoms with E-state index in [9.17, 15) is 4.79 Å². The van der Waals surface area contributed by atoms with Gasteiger partial charge in [-0.25, -0.2) is 0 Å². The van der Waals surface area contributed by atoms with E-state index in [1.54, 1.807) is 0 Å². The van der Waals surface area contributed by atoms with Gasteiger partial charge in [0.1, 0.15) is 0 Å². The summed E-state index contributed by atoms with van der Waals surface area (Å²) in [4.78, 5) is 14.8. The monoisotopic (exact) mass is 304 g/mol. The molecule has 0 aromatic heterocycles. The summed E-state index contributed by atoms with van der Waals surface area (Å²) in [5, 5.41) is 3.33. The Morgan fingerprint density at radius 3 is 2.32 bits per heavy atom. The van der Waals surface area contributed by atoms with Gasteiger partial charge in [0.05, 0.1) is 6.54 Å². The van der Waals surface area contributed by atoms with Crippen LogP contribution in [-0.2, 0) is 4.79 Å². The maximum Gasteiger partial charge on any atom is 0.234 e. The van der Waals surface area contributed by atoms with Crippen molar-refractivity contribution in [1.29, 1.82) is 0 Å². The second-order valence-electron chi connectivity index (χ2n) is 9.01. The second-order valence-corrected chi connectivity index (χ2v) is 9.01. The number of carbonyl (C=O) groups is 1. The van der Waals surface area contributed by atoms with E-state index in [-0.39, 0.29) is 5.91 Å². The van der Waals surface area contributed by atoms with Gasteiger partial charge in [-0.05, 0) is 88.0 Å². The molecule has 3 heteroatoms. The molecular formula is C19H32N2O. The molecule has 22 heavy (non-hydrogen) atoms. The fourth-order valence-electron chi connectivity index (χ4n) is 6.43. The number of piperidine rings is 1. The first kappa shape index (κ1) is 15.0. The first-order chi connectivity index (χ1) is 10.6. The van der Waals surface area contributed by atoms with Gasteiger partial charge in [-0.2, -0.15) is 0 Å². The summed E-state index contributed by atoms with van der Waals surface area (Å²) in [6.45, 7) is 4.95. The standard InChI is InChI=1S/C19H32N2O/c1-14-4-2-3-5-21(14)12-18(22)20-13-19-9-15-6-16(10-19)8-17(7-15)11-19/h14-17H,2-13H2,1H3,(H,20,22)/t14-,15?,16?,17?,19?/m1/s1. The van der Waals surface area contributed by atoms with Crippen LogP contribution in [0, 0.1) is 23.2 Å². The molecule has 1 atom stereocenters. The van der Waals surface area contributed by atoms with Crippen molar-refractivity contribution in [2.24, 2.45) is 23.2 Å². The lowest BCUT2D eigenvalue weighted by molar-refractivity contribution is -0.125. The number of likely N-dealkylation sites (tertiary alicyclic amines) is 1. The topological polar surface area (TPSA) is 32.3 Å². The molecule has 4 aliphatic carbocycles. The lowest BCUT2D eigenvalue weighted by atomic mass is 9.49. The number of hydrogen-bond donors (Lipinski definition) is 1. The van der Waals surface area contributed by atoms with Gasteiger partial charge in [-0.3, -0.25) is 9.69 Å². The average molecular weight is 304 g/mol. The molecule has 0 spiro atoms. The number of nitrogens with one attached hydrogen (secondary N) is 1. The molecule has 3 nitrogen and oxygen atoms in total. The summed E-state index contributed by atoms with van der Waals surface area (Å²) in [6, 6.07) is 0.582. The van der Waals surface area contributed by atoms with E-state index < -0.39 is 0 Å². The van der Waals surface area contributed by atoms with Crippen molar-refractivity contribution in [2.45, 2.75) is 70.8 Å². The van der Waals surface area contributed by atoms with Gasteiger partial charge in [0, 0.05) is 12.6 Å². The van der Waals surface area contributed by atoms with E-state index in [4.69, 9.17) is 0 Å². The maximum absolute atomic E-state index is 12.4. The van der Waals surface area contributed by atoms with Gasteiger partial charge in [-0.15, -0.1) is 0 Å². The Morgan fingerprint density at radius 2 is 1.73 bits per heavy atom. The van der Waals surface area contributed by atoms with E-state index in [1.807, 2.05) is 0 Å². The summed E-state index contributed by atoms with van der Waals surface area (Å²) in [6.07, 6.45) is 12.5. The van der Waals surface area contributed by atoms with E-state index in [2.05, 4.69) is 17.1 Å². The Labute approximate surface area is 135 Å². The molecular weight excluding hydrogens is 272 g/mol. The number of amides is 1. The summed E-state index contributed by atoms with van der Waals surface area (Å²) >= 11 is 0. The van der Waals surface area contributed by atoms with Crippen molar-refractivity contribution in [1.82, 2.24) is 10.2 Å². The van der Waals surface area contributed by atoms with Crippen LogP contribution < -0.4 is 5.32 Å². The van der Waals surface area contributed by atoms with Crippen LogP contribution in [0.25, 0.3) is 0 Å². The summed E-state index contributed by atoms with van der Waals surface area (Å²) in [5.41, 5.74) is 0.470. The van der Waals surface area contributed by atoms with Crippen molar-refractivity contribution in [3.63, 3.8) is 0 Å². The number of hydrogen-bond acceptors (Lipinski definition) is 2. The van der Waals surface area contributed by atoms with Gasteiger partial charge in [0.25, 0.3) is 0 Å². The van der Waals surface area contributed by atoms with Gasteiger partial charge >= 0.3 is 0 Å². The average Bonchev–Trinajstić information content (AvgIpc) is 2.46.